The lowest BCUT2D eigenvalue weighted by atomic mass is 10.1. The van der Waals surface area contributed by atoms with E-state index < -0.39 is 0 Å². The zero-order valence-electron chi connectivity index (χ0n) is 34.3. The molecule has 308 valence electrons. The van der Waals surface area contributed by atoms with Crippen LogP contribution in [0.15, 0.2) is 24.3 Å². The Balaban J connectivity index is 3.99. The molecule has 0 amide bonds. The van der Waals surface area contributed by atoms with Crippen LogP contribution in [0.5, 0.6) is 0 Å². The highest BCUT2D eigenvalue weighted by atomic mass is 16.7. The summed E-state index contributed by atoms with van der Waals surface area (Å²) in [5, 5.41) is 9.52. The summed E-state index contributed by atoms with van der Waals surface area (Å²) in [5.74, 6) is 2.42. The highest BCUT2D eigenvalue weighted by Gasteiger charge is 2.13. The SMILES string of the molecule is C#CCCCCCCCOC(=O)CCCCCCCN(CCO)CCCCCCOC(=O)CCC(OCCCC/C=C\CC)OCCCC/C=C\CC. The Morgan fingerprint density at radius 3 is 1.58 bits per heavy atom. The maximum Gasteiger partial charge on any atom is 0.305 e. The Hall–Kier alpha value is -2.18. The minimum absolute atomic E-state index is 0.0708. The molecule has 0 aromatic heterocycles. The van der Waals surface area contributed by atoms with Crippen molar-refractivity contribution in [3.05, 3.63) is 24.3 Å². The average molecular weight is 748 g/mol. The summed E-state index contributed by atoms with van der Waals surface area (Å²) in [6.07, 6.45) is 39.1. The van der Waals surface area contributed by atoms with Gasteiger partial charge in [-0.25, -0.2) is 0 Å². The Morgan fingerprint density at radius 2 is 1.06 bits per heavy atom. The standard InChI is InChI=1S/C45H81NO7/c1-4-7-10-13-16-23-28-39-50-43(48)32-25-18-17-19-26-35-46(37-38-47)36-27-20-24-29-40-51-44(49)33-34-45(52-41-30-21-14-11-8-5-2)53-42-31-22-15-12-9-6-3/h1,8-9,11-12,45,47H,5-7,10,13-42H2,2-3H3/b11-8-,12-9-. The van der Waals surface area contributed by atoms with Gasteiger partial charge in [-0.15, -0.1) is 12.3 Å². The number of carbonyl (C=O) groups excluding carboxylic acids is 2. The molecule has 0 unspecified atom stereocenters. The van der Waals surface area contributed by atoms with Crippen LogP contribution in [0.1, 0.15) is 181 Å². The first-order chi connectivity index (χ1) is 26.1. The number of rotatable bonds is 41. The monoisotopic (exact) mass is 748 g/mol. The summed E-state index contributed by atoms with van der Waals surface area (Å²) in [6, 6.07) is 0. The van der Waals surface area contributed by atoms with Crippen molar-refractivity contribution in [2.45, 2.75) is 187 Å². The van der Waals surface area contributed by atoms with Crippen LogP contribution in [0.3, 0.4) is 0 Å². The number of carbonyl (C=O) groups is 2. The molecule has 8 nitrogen and oxygen atoms in total. The van der Waals surface area contributed by atoms with E-state index in [0.29, 0.717) is 52.2 Å². The molecule has 0 heterocycles. The highest BCUT2D eigenvalue weighted by molar-refractivity contribution is 5.69. The maximum atomic E-state index is 12.5. The summed E-state index contributed by atoms with van der Waals surface area (Å²) in [6.45, 7) is 9.41. The fraction of sp³-hybridized carbons (Fsp3) is 0.822. The third-order valence-electron chi connectivity index (χ3n) is 9.16. The molecule has 0 radical (unpaired) electrons. The minimum Gasteiger partial charge on any atom is -0.466 e. The highest BCUT2D eigenvalue weighted by Crippen LogP contribution is 2.12. The Morgan fingerprint density at radius 1 is 0.585 bits per heavy atom. The summed E-state index contributed by atoms with van der Waals surface area (Å²) >= 11 is 0. The van der Waals surface area contributed by atoms with Gasteiger partial charge >= 0.3 is 11.9 Å². The van der Waals surface area contributed by atoms with Gasteiger partial charge in [0.05, 0.1) is 26.2 Å². The molecule has 0 fully saturated rings. The van der Waals surface area contributed by atoms with Gasteiger partial charge in [-0.05, 0) is 103 Å². The molecule has 8 heteroatoms. The van der Waals surface area contributed by atoms with E-state index in [1.807, 2.05) is 0 Å². The average Bonchev–Trinajstić information content (AvgIpc) is 3.15. The van der Waals surface area contributed by atoms with Crippen molar-refractivity contribution < 1.29 is 33.6 Å². The second kappa shape index (κ2) is 42.6. The van der Waals surface area contributed by atoms with Crippen LogP contribution in [0, 0.1) is 12.3 Å². The molecule has 0 rings (SSSR count). The summed E-state index contributed by atoms with van der Waals surface area (Å²) in [7, 11) is 0. The van der Waals surface area contributed by atoms with Crippen LogP contribution in [0.25, 0.3) is 0 Å². The largest absolute Gasteiger partial charge is 0.466 e. The number of aliphatic hydroxyl groups excluding tert-OH is 1. The van der Waals surface area contributed by atoms with E-state index in [9.17, 15) is 14.7 Å². The maximum absolute atomic E-state index is 12.5. The van der Waals surface area contributed by atoms with Gasteiger partial charge in [0.1, 0.15) is 0 Å². The molecular formula is C45H81NO7. The fourth-order valence-electron chi connectivity index (χ4n) is 5.96. The molecule has 0 atom stereocenters. The molecular weight excluding hydrogens is 666 g/mol. The van der Waals surface area contributed by atoms with Gasteiger partial charge in [-0.3, -0.25) is 9.59 Å². The first-order valence-electron chi connectivity index (χ1n) is 21.7. The smallest absolute Gasteiger partial charge is 0.305 e. The second-order valence-corrected chi connectivity index (χ2v) is 14.1. The predicted octanol–water partition coefficient (Wildman–Crippen LogP) is 10.7. The van der Waals surface area contributed by atoms with Gasteiger partial charge < -0.3 is 29.0 Å². The molecule has 1 N–H and O–H groups in total. The topological polar surface area (TPSA) is 94.5 Å². The minimum atomic E-state index is -0.363. The molecule has 0 aliphatic heterocycles. The molecule has 0 spiro atoms. The molecule has 0 aliphatic rings. The second-order valence-electron chi connectivity index (χ2n) is 14.1. The van der Waals surface area contributed by atoms with Crippen LogP contribution in [0.2, 0.25) is 0 Å². The van der Waals surface area contributed by atoms with Crippen molar-refractivity contribution in [3.63, 3.8) is 0 Å². The van der Waals surface area contributed by atoms with Gasteiger partial charge in [-0.1, -0.05) is 89.5 Å². The fourth-order valence-corrected chi connectivity index (χ4v) is 5.96. The number of terminal acetylenes is 1. The van der Waals surface area contributed by atoms with Crippen molar-refractivity contribution in [2.24, 2.45) is 0 Å². The lowest BCUT2D eigenvalue weighted by Gasteiger charge is -2.21. The van der Waals surface area contributed by atoms with Crippen LogP contribution >= 0.6 is 0 Å². The Kier molecular flexibility index (Phi) is 40.8. The number of ether oxygens (including phenoxy) is 4. The molecule has 0 aromatic carbocycles. The van der Waals surface area contributed by atoms with Crippen LogP contribution in [-0.4, -0.2) is 80.9 Å². The van der Waals surface area contributed by atoms with Gasteiger partial charge in [0.25, 0.3) is 0 Å². The third-order valence-corrected chi connectivity index (χ3v) is 9.16. The van der Waals surface area contributed by atoms with Crippen LogP contribution in [-0.2, 0) is 28.5 Å². The van der Waals surface area contributed by atoms with Crippen molar-refractivity contribution in [3.8, 4) is 12.3 Å². The van der Waals surface area contributed by atoms with Crippen molar-refractivity contribution in [1.29, 1.82) is 0 Å². The van der Waals surface area contributed by atoms with Gasteiger partial charge in [0.2, 0.25) is 0 Å². The predicted molar refractivity (Wildman–Crippen MR) is 220 cm³/mol. The number of aliphatic hydroxyl groups is 1. The molecule has 0 saturated carbocycles. The van der Waals surface area contributed by atoms with E-state index in [1.165, 1.54) is 0 Å². The molecule has 0 bridgehead atoms. The van der Waals surface area contributed by atoms with Gasteiger partial charge in [0, 0.05) is 39.0 Å². The van der Waals surface area contributed by atoms with Crippen LogP contribution < -0.4 is 0 Å². The zero-order valence-corrected chi connectivity index (χ0v) is 34.3. The number of allylic oxidation sites excluding steroid dienone is 4. The van der Waals surface area contributed by atoms with E-state index >= 15 is 0 Å². The number of esters is 2. The zero-order chi connectivity index (χ0) is 38.7. The summed E-state index contributed by atoms with van der Waals surface area (Å²) < 4.78 is 22.9. The molecule has 0 aromatic rings. The van der Waals surface area contributed by atoms with E-state index in [4.69, 9.17) is 25.4 Å². The van der Waals surface area contributed by atoms with E-state index in [-0.39, 0.29) is 24.8 Å². The van der Waals surface area contributed by atoms with Crippen molar-refractivity contribution in [1.82, 2.24) is 4.90 Å². The lowest BCUT2D eigenvalue weighted by molar-refractivity contribution is -0.159. The molecule has 0 aliphatic carbocycles. The number of nitrogens with zero attached hydrogens (tertiary/aromatic N) is 1. The summed E-state index contributed by atoms with van der Waals surface area (Å²) in [4.78, 5) is 26.7. The number of unbranched alkanes of at least 4 members (excludes halogenated alkanes) is 16. The van der Waals surface area contributed by atoms with Crippen molar-refractivity contribution >= 4 is 11.9 Å². The number of hydrogen-bond donors (Lipinski definition) is 1. The van der Waals surface area contributed by atoms with E-state index in [2.05, 4.69) is 49.0 Å². The normalized spacial score (nSPS) is 11.7. The van der Waals surface area contributed by atoms with E-state index in [1.54, 1.807) is 0 Å². The summed E-state index contributed by atoms with van der Waals surface area (Å²) in [5.41, 5.74) is 0. The quantitative estimate of drug-likeness (QED) is 0.0217. The van der Waals surface area contributed by atoms with Gasteiger partial charge in [-0.2, -0.15) is 0 Å². The van der Waals surface area contributed by atoms with Crippen LogP contribution in [0.4, 0.5) is 0 Å². The Labute approximate surface area is 326 Å². The molecule has 0 saturated heterocycles. The number of hydrogen-bond acceptors (Lipinski definition) is 8. The Bertz CT molecular complexity index is 876. The van der Waals surface area contributed by atoms with E-state index in [0.717, 1.165) is 161 Å². The third kappa shape index (κ3) is 39.3. The first-order valence-corrected chi connectivity index (χ1v) is 21.7. The lowest BCUT2D eigenvalue weighted by Crippen LogP contribution is -2.29. The first kappa shape index (κ1) is 50.8. The molecule has 53 heavy (non-hydrogen) atoms. The van der Waals surface area contributed by atoms with Crippen molar-refractivity contribution in [2.75, 3.05) is 52.7 Å². The van der Waals surface area contributed by atoms with Gasteiger partial charge in [0.15, 0.2) is 6.29 Å².